The highest BCUT2D eigenvalue weighted by Crippen LogP contribution is 2.36. The summed E-state index contributed by atoms with van der Waals surface area (Å²) in [5.41, 5.74) is 8.37. The predicted octanol–water partition coefficient (Wildman–Crippen LogP) is 3.89. The van der Waals surface area contributed by atoms with Crippen molar-refractivity contribution in [3.63, 3.8) is 0 Å². The summed E-state index contributed by atoms with van der Waals surface area (Å²) < 4.78 is 19.1. The minimum atomic E-state index is -0.371. The summed E-state index contributed by atoms with van der Waals surface area (Å²) in [5.74, 6) is -0.181. The van der Waals surface area contributed by atoms with E-state index in [0.29, 0.717) is 21.3 Å². The number of nitrogen functional groups attached to an aromatic ring is 1. The minimum absolute atomic E-state index is 0.189. The molecule has 2 N–H and O–H groups in total. The van der Waals surface area contributed by atoms with Crippen LogP contribution in [-0.2, 0) is 0 Å². The quantitative estimate of drug-likeness (QED) is 0.772. The van der Waals surface area contributed by atoms with Crippen LogP contribution in [0.4, 0.5) is 10.3 Å². The first kappa shape index (κ1) is 12.8. The lowest BCUT2D eigenvalue weighted by atomic mass is 10.0. The molecule has 0 amide bonds. The van der Waals surface area contributed by atoms with Crippen LogP contribution >= 0.6 is 15.9 Å². The number of nitrogens with two attached hydrogens (primary N) is 1. The molecule has 0 aliphatic carbocycles. The molecule has 100 valence electrons. The molecule has 0 saturated carbocycles. The molecular formula is C14H9BrFN3O. The Bertz CT molecular complexity index is 758. The lowest BCUT2D eigenvalue weighted by molar-refractivity contribution is 0.439. The number of benzene rings is 1. The van der Waals surface area contributed by atoms with Crippen LogP contribution in [0.25, 0.3) is 22.4 Å². The van der Waals surface area contributed by atoms with Gasteiger partial charge < -0.3 is 10.3 Å². The van der Waals surface area contributed by atoms with Gasteiger partial charge in [0.15, 0.2) is 0 Å². The van der Waals surface area contributed by atoms with Crippen molar-refractivity contribution in [2.24, 2.45) is 0 Å². The van der Waals surface area contributed by atoms with E-state index in [9.17, 15) is 4.39 Å². The number of hydrogen-bond donors (Lipinski definition) is 1. The van der Waals surface area contributed by atoms with Crippen LogP contribution in [0.3, 0.4) is 0 Å². The van der Waals surface area contributed by atoms with E-state index in [0.717, 1.165) is 5.56 Å². The van der Waals surface area contributed by atoms with Gasteiger partial charge in [0.05, 0.1) is 10.0 Å². The summed E-state index contributed by atoms with van der Waals surface area (Å²) in [4.78, 5) is 3.96. The van der Waals surface area contributed by atoms with E-state index in [1.807, 2.05) is 0 Å². The number of rotatable bonds is 2. The largest absolute Gasteiger partial charge is 0.367 e. The van der Waals surface area contributed by atoms with Crippen molar-refractivity contribution in [2.45, 2.75) is 0 Å². The number of anilines is 1. The highest BCUT2D eigenvalue weighted by atomic mass is 79.9. The van der Waals surface area contributed by atoms with Gasteiger partial charge in [0.2, 0.25) is 5.88 Å². The molecule has 4 nitrogen and oxygen atoms in total. The summed E-state index contributed by atoms with van der Waals surface area (Å²) >= 11 is 3.12. The van der Waals surface area contributed by atoms with Crippen LogP contribution in [0.2, 0.25) is 0 Å². The van der Waals surface area contributed by atoms with Gasteiger partial charge in [-0.3, -0.25) is 4.98 Å². The van der Waals surface area contributed by atoms with Crippen molar-refractivity contribution < 1.29 is 8.91 Å². The third kappa shape index (κ3) is 2.18. The summed E-state index contributed by atoms with van der Waals surface area (Å²) in [6.07, 6.45) is 3.29. The smallest absolute Gasteiger partial charge is 0.230 e. The molecular weight excluding hydrogens is 325 g/mol. The van der Waals surface area contributed by atoms with Gasteiger partial charge in [0.1, 0.15) is 11.5 Å². The third-order valence-electron chi connectivity index (χ3n) is 2.88. The Hall–Kier alpha value is -2.21. The molecule has 0 unspecified atom stereocenters. The molecule has 2 heterocycles. The van der Waals surface area contributed by atoms with Crippen LogP contribution in [0.5, 0.6) is 0 Å². The first-order valence-corrected chi connectivity index (χ1v) is 6.57. The molecule has 0 atom stereocenters. The Kier molecular flexibility index (Phi) is 3.23. The molecule has 20 heavy (non-hydrogen) atoms. The lowest BCUT2D eigenvalue weighted by Crippen LogP contribution is -1.89. The zero-order valence-electron chi connectivity index (χ0n) is 10.2. The maximum absolute atomic E-state index is 13.7. The second-order valence-corrected chi connectivity index (χ2v) is 4.99. The maximum atomic E-state index is 13.7. The van der Waals surface area contributed by atoms with Crippen LogP contribution in [-0.4, -0.2) is 10.1 Å². The Balaban J connectivity index is 2.18. The maximum Gasteiger partial charge on any atom is 0.230 e. The van der Waals surface area contributed by atoms with Crippen molar-refractivity contribution >= 4 is 21.8 Å². The summed E-state index contributed by atoms with van der Waals surface area (Å²) in [5, 5.41) is 3.93. The molecule has 3 aromatic rings. The van der Waals surface area contributed by atoms with E-state index in [-0.39, 0.29) is 11.7 Å². The van der Waals surface area contributed by atoms with Gasteiger partial charge in [-0.05, 0) is 45.8 Å². The average Bonchev–Trinajstić information content (AvgIpc) is 2.85. The van der Waals surface area contributed by atoms with Gasteiger partial charge in [-0.25, -0.2) is 4.39 Å². The third-order valence-corrected chi connectivity index (χ3v) is 3.52. The van der Waals surface area contributed by atoms with Gasteiger partial charge in [-0.2, -0.15) is 0 Å². The van der Waals surface area contributed by atoms with E-state index in [2.05, 4.69) is 26.1 Å². The molecule has 0 aliphatic heterocycles. The molecule has 0 spiro atoms. The van der Waals surface area contributed by atoms with E-state index >= 15 is 0 Å². The Morgan fingerprint density at radius 2 is 1.85 bits per heavy atom. The van der Waals surface area contributed by atoms with Crippen molar-refractivity contribution in [1.82, 2.24) is 10.1 Å². The second-order valence-electron chi connectivity index (χ2n) is 4.14. The second kappa shape index (κ2) is 5.05. The molecule has 0 saturated heterocycles. The normalized spacial score (nSPS) is 10.7. The fourth-order valence-corrected chi connectivity index (χ4v) is 2.19. The molecule has 6 heteroatoms. The number of aromatic nitrogens is 2. The zero-order valence-corrected chi connectivity index (χ0v) is 11.8. The van der Waals surface area contributed by atoms with Crippen molar-refractivity contribution in [3.8, 4) is 22.4 Å². The van der Waals surface area contributed by atoms with E-state index < -0.39 is 0 Å². The molecule has 0 fully saturated rings. The molecule has 0 aliphatic rings. The first-order chi connectivity index (χ1) is 9.66. The van der Waals surface area contributed by atoms with E-state index in [1.54, 1.807) is 36.7 Å². The van der Waals surface area contributed by atoms with Crippen LogP contribution in [0, 0.1) is 5.82 Å². The average molecular weight is 334 g/mol. The fraction of sp³-hybridized carbons (Fsp3) is 0. The highest BCUT2D eigenvalue weighted by molar-refractivity contribution is 9.10. The Labute approximate surface area is 122 Å². The zero-order chi connectivity index (χ0) is 14.1. The van der Waals surface area contributed by atoms with Crippen LogP contribution in [0.15, 0.2) is 51.7 Å². The summed E-state index contributed by atoms with van der Waals surface area (Å²) in [7, 11) is 0. The van der Waals surface area contributed by atoms with Gasteiger partial charge in [-0.15, -0.1) is 0 Å². The number of halogens is 2. The van der Waals surface area contributed by atoms with Crippen molar-refractivity contribution in [2.75, 3.05) is 5.73 Å². The number of pyridine rings is 1. The van der Waals surface area contributed by atoms with Crippen LogP contribution < -0.4 is 5.73 Å². The van der Waals surface area contributed by atoms with E-state index in [1.165, 1.54) is 6.07 Å². The number of hydrogen-bond acceptors (Lipinski definition) is 4. The standard InChI is InChI=1S/C14H9BrFN3O/c15-10-2-1-9(7-11(10)16)13-12(14(17)20-19-13)8-3-5-18-6-4-8/h1-7H,17H2. The fourth-order valence-electron chi connectivity index (χ4n) is 1.94. The monoisotopic (exact) mass is 333 g/mol. The molecule has 3 rings (SSSR count). The summed E-state index contributed by atoms with van der Waals surface area (Å²) in [6, 6.07) is 8.33. The SMILES string of the molecule is Nc1onc(-c2ccc(Br)c(F)c2)c1-c1ccncc1. The molecule has 0 radical (unpaired) electrons. The number of nitrogens with zero attached hydrogens (tertiary/aromatic N) is 2. The topological polar surface area (TPSA) is 64.9 Å². The van der Waals surface area contributed by atoms with Crippen molar-refractivity contribution in [3.05, 3.63) is 53.0 Å². The highest BCUT2D eigenvalue weighted by Gasteiger charge is 2.18. The summed E-state index contributed by atoms with van der Waals surface area (Å²) in [6.45, 7) is 0. The van der Waals surface area contributed by atoms with E-state index in [4.69, 9.17) is 10.3 Å². The van der Waals surface area contributed by atoms with Gasteiger partial charge in [0, 0.05) is 18.0 Å². The Morgan fingerprint density at radius 3 is 2.55 bits per heavy atom. The Morgan fingerprint density at radius 1 is 1.10 bits per heavy atom. The van der Waals surface area contributed by atoms with Gasteiger partial charge in [-0.1, -0.05) is 11.2 Å². The van der Waals surface area contributed by atoms with Gasteiger partial charge >= 0.3 is 0 Å². The molecule has 1 aromatic carbocycles. The molecule has 2 aromatic heterocycles. The van der Waals surface area contributed by atoms with Crippen molar-refractivity contribution in [1.29, 1.82) is 0 Å². The predicted molar refractivity (Wildman–Crippen MR) is 77.2 cm³/mol. The minimum Gasteiger partial charge on any atom is -0.367 e. The first-order valence-electron chi connectivity index (χ1n) is 5.78. The van der Waals surface area contributed by atoms with Gasteiger partial charge in [0.25, 0.3) is 0 Å². The molecule has 0 bridgehead atoms. The van der Waals surface area contributed by atoms with Crippen LogP contribution in [0.1, 0.15) is 0 Å². The lowest BCUT2D eigenvalue weighted by Gasteiger charge is -2.03.